The molecule has 0 saturated carbocycles. The molecule has 2 aliphatic rings. The number of hydrogen-bond donors (Lipinski definition) is 3. The van der Waals surface area contributed by atoms with E-state index in [-0.39, 0.29) is 11.6 Å². The molecule has 0 radical (unpaired) electrons. The van der Waals surface area contributed by atoms with Crippen molar-refractivity contribution >= 4 is 23.3 Å². The van der Waals surface area contributed by atoms with E-state index < -0.39 is 23.8 Å². The molecule has 3 rings (SSSR count). The lowest BCUT2D eigenvalue weighted by Crippen LogP contribution is -2.47. The molecular formula is C18H23F3N4O2. The van der Waals surface area contributed by atoms with Gasteiger partial charge in [0.2, 0.25) is 5.91 Å². The van der Waals surface area contributed by atoms with Crippen molar-refractivity contribution in [2.24, 2.45) is 0 Å². The molecule has 3 N–H and O–H groups in total. The first kappa shape index (κ1) is 19.3. The summed E-state index contributed by atoms with van der Waals surface area (Å²) in [4.78, 5) is 26.3. The van der Waals surface area contributed by atoms with Gasteiger partial charge in [-0.1, -0.05) is 0 Å². The molecule has 3 amide bonds. The van der Waals surface area contributed by atoms with Gasteiger partial charge in [-0.25, -0.2) is 4.79 Å². The third kappa shape index (κ3) is 4.84. The van der Waals surface area contributed by atoms with E-state index in [1.165, 1.54) is 6.07 Å². The average molecular weight is 384 g/mol. The second-order valence-electron chi connectivity index (χ2n) is 6.86. The van der Waals surface area contributed by atoms with Crippen LogP contribution in [0.15, 0.2) is 18.2 Å². The Morgan fingerprint density at radius 2 is 1.89 bits per heavy atom. The molecule has 148 valence electrons. The number of urea groups is 1. The van der Waals surface area contributed by atoms with Gasteiger partial charge in [-0.2, -0.15) is 13.2 Å². The van der Waals surface area contributed by atoms with Gasteiger partial charge < -0.3 is 20.9 Å². The van der Waals surface area contributed by atoms with Gasteiger partial charge in [0.1, 0.15) is 6.04 Å². The number of halogens is 3. The van der Waals surface area contributed by atoms with E-state index in [2.05, 4.69) is 16.0 Å². The van der Waals surface area contributed by atoms with Gasteiger partial charge in [-0.15, -0.1) is 0 Å². The van der Waals surface area contributed by atoms with Crippen LogP contribution in [0.5, 0.6) is 0 Å². The maximum absolute atomic E-state index is 13.1. The molecule has 27 heavy (non-hydrogen) atoms. The molecule has 6 nitrogen and oxygen atoms in total. The number of amides is 3. The zero-order chi connectivity index (χ0) is 19.4. The summed E-state index contributed by atoms with van der Waals surface area (Å²) in [6.45, 7) is 2.02. The van der Waals surface area contributed by atoms with Crippen molar-refractivity contribution < 1.29 is 22.8 Å². The number of alkyl halides is 3. The maximum Gasteiger partial charge on any atom is 0.416 e. The lowest BCUT2D eigenvalue weighted by molar-refractivity contribution is -0.137. The van der Waals surface area contributed by atoms with Crippen LogP contribution in [-0.4, -0.2) is 37.6 Å². The molecule has 1 aromatic rings. The fourth-order valence-electron chi connectivity index (χ4n) is 3.44. The van der Waals surface area contributed by atoms with Crippen LogP contribution in [-0.2, 0) is 11.0 Å². The Hall–Kier alpha value is -2.45. The molecule has 1 atom stereocenters. The molecule has 2 fully saturated rings. The Morgan fingerprint density at radius 3 is 2.59 bits per heavy atom. The molecule has 0 aliphatic carbocycles. The number of benzene rings is 1. The third-order valence-electron chi connectivity index (χ3n) is 4.86. The number of nitrogens with zero attached hydrogens (tertiary/aromatic N) is 1. The number of carbonyl (C=O) groups excluding carboxylic acids is 2. The van der Waals surface area contributed by atoms with Crippen LogP contribution >= 0.6 is 0 Å². The fourth-order valence-corrected chi connectivity index (χ4v) is 3.44. The SMILES string of the molecule is O=C(Nc1cc(C(F)(F)F)ccc1N1CCCC1)NC1CCCCNC1=O. The summed E-state index contributed by atoms with van der Waals surface area (Å²) >= 11 is 0. The molecule has 0 bridgehead atoms. The second-order valence-corrected chi connectivity index (χ2v) is 6.86. The Kier molecular flexibility index (Phi) is 5.76. The topological polar surface area (TPSA) is 73.5 Å². The maximum atomic E-state index is 13.1. The van der Waals surface area contributed by atoms with E-state index in [0.29, 0.717) is 18.7 Å². The predicted molar refractivity (Wildman–Crippen MR) is 95.7 cm³/mol. The standard InChI is InChI=1S/C18H23F3N4O2/c19-18(20,21)12-6-7-15(25-9-3-4-10-25)14(11-12)24-17(27)23-13-5-1-2-8-22-16(13)26/h6-7,11,13H,1-5,8-10H2,(H,22,26)(H2,23,24,27). The largest absolute Gasteiger partial charge is 0.416 e. The van der Waals surface area contributed by atoms with Crippen LogP contribution in [0.2, 0.25) is 0 Å². The van der Waals surface area contributed by atoms with E-state index in [1.807, 2.05) is 4.90 Å². The van der Waals surface area contributed by atoms with Crippen molar-refractivity contribution in [2.45, 2.75) is 44.3 Å². The Balaban J connectivity index is 1.78. The molecule has 0 spiro atoms. The highest BCUT2D eigenvalue weighted by Crippen LogP contribution is 2.36. The van der Waals surface area contributed by atoms with Crippen molar-refractivity contribution in [3.8, 4) is 0 Å². The zero-order valence-corrected chi connectivity index (χ0v) is 14.9. The minimum Gasteiger partial charge on any atom is -0.370 e. The average Bonchev–Trinajstić information content (AvgIpc) is 3.06. The summed E-state index contributed by atoms with van der Waals surface area (Å²) in [6, 6.07) is 1.99. The first-order chi connectivity index (χ1) is 12.8. The molecule has 0 aromatic heterocycles. The fraction of sp³-hybridized carbons (Fsp3) is 0.556. The van der Waals surface area contributed by atoms with Gasteiger partial charge in [-0.3, -0.25) is 4.79 Å². The molecule has 1 unspecified atom stereocenters. The van der Waals surface area contributed by atoms with Crippen molar-refractivity contribution in [1.82, 2.24) is 10.6 Å². The van der Waals surface area contributed by atoms with E-state index >= 15 is 0 Å². The first-order valence-corrected chi connectivity index (χ1v) is 9.16. The van der Waals surface area contributed by atoms with E-state index in [0.717, 1.165) is 50.9 Å². The highest BCUT2D eigenvalue weighted by molar-refractivity contribution is 5.96. The molecule has 9 heteroatoms. The minimum absolute atomic E-state index is 0.0956. The molecule has 1 aromatic carbocycles. The van der Waals surface area contributed by atoms with Crippen LogP contribution < -0.4 is 20.9 Å². The van der Waals surface area contributed by atoms with Crippen LogP contribution in [0.4, 0.5) is 29.3 Å². The van der Waals surface area contributed by atoms with Crippen LogP contribution in [0, 0.1) is 0 Å². The molecule has 2 aliphatic heterocycles. The van der Waals surface area contributed by atoms with E-state index in [4.69, 9.17) is 0 Å². The normalized spacial score (nSPS) is 20.8. The number of nitrogens with one attached hydrogen (secondary N) is 3. The zero-order valence-electron chi connectivity index (χ0n) is 14.9. The molecular weight excluding hydrogens is 361 g/mol. The van der Waals surface area contributed by atoms with Crippen LogP contribution in [0.25, 0.3) is 0 Å². The number of anilines is 2. The summed E-state index contributed by atoms with van der Waals surface area (Å²) in [7, 11) is 0. The highest BCUT2D eigenvalue weighted by atomic mass is 19.4. The van der Waals surface area contributed by atoms with E-state index in [1.54, 1.807) is 0 Å². The Labute approximate surface area is 155 Å². The van der Waals surface area contributed by atoms with E-state index in [9.17, 15) is 22.8 Å². The summed E-state index contributed by atoms with van der Waals surface area (Å²) in [5, 5.41) is 7.80. The molecule has 2 heterocycles. The number of carbonyl (C=O) groups is 2. The van der Waals surface area contributed by atoms with Gasteiger partial charge in [0.05, 0.1) is 16.9 Å². The van der Waals surface area contributed by atoms with Crippen molar-refractivity contribution in [3.63, 3.8) is 0 Å². The third-order valence-corrected chi connectivity index (χ3v) is 4.86. The van der Waals surface area contributed by atoms with Crippen LogP contribution in [0.1, 0.15) is 37.7 Å². The second kappa shape index (κ2) is 8.06. The monoisotopic (exact) mass is 384 g/mol. The summed E-state index contributed by atoms with van der Waals surface area (Å²) < 4.78 is 39.3. The summed E-state index contributed by atoms with van der Waals surface area (Å²) in [6.07, 6.45) is -0.479. The van der Waals surface area contributed by atoms with Gasteiger partial charge in [-0.05, 0) is 50.3 Å². The summed E-state index contributed by atoms with van der Waals surface area (Å²) in [5.74, 6) is -0.272. The van der Waals surface area contributed by atoms with Gasteiger partial charge in [0.25, 0.3) is 0 Å². The van der Waals surface area contributed by atoms with Crippen LogP contribution in [0.3, 0.4) is 0 Å². The number of hydrogen-bond acceptors (Lipinski definition) is 3. The van der Waals surface area contributed by atoms with Gasteiger partial charge in [0, 0.05) is 19.6 Å². The lowest BCUT2D eigenvalue weighted by Gasteiger charge is -2.23. The quantitative estimate of drug-likeness (QED) is 0.750. The van der Waals surface area contributed by atoms with Gasteiger partial charge >= 0.3 is 12.2 Å². The summed E-state index contributed by atoms with van der Waals surface area (Å²) in [5.41, 5.74) is -0.174. The number of rotatable bonds is 3. The minimum atomic E-state index is -4.50. The lowest BCUT2D eigenvalue weighted by atomic mass is 10.1. The smallest absolute Gasteiger partial charge is 0.370 e. The highest BCUT2D eigenvalue weighted by Gasteiger charge is 2.32. The molecule has 2 saturated heterocycles. The first-order valence-electron chi connectivity index (χ1n) is 9.16. The van der Waals surface area contributed by atoms with Gasteiger partial charge in [0.15, 0.2) is 0 Å². The Morgan fingerprint density at radius 1 is 1.15 bits per heavy atom. The predicted octanol–water partition coefficient (Wildman–Crippen LogP) is 3.10. The van der Waals surface area contributed by atoms with Crippen molar-refractivity contribution in [1.29, 1.82) is 0 Å². The van der Waals surface area contributed by atoms with Crippen molar-refractivity contribution in [3.05, 3.63) is 23.8 Å². The Bertz CT molecular complexity index is 702. The van der Waals surface area contributed by atoms with Crippen molar-refractivity contribution in [2.75, 3.05) is 29.9 Å².